The smallest absolute Gasteiger partial charge is 0.230 e. The standard InChI is InChI=1S/C26H28O16/c27-6-16-19(35)20(36)24(42-25-21(37)18(34)14(33)7-38-25)26(40-16)41-22-13(32)4-11(30)17-12(31)5-15(39-23(17)22)8-1-2-9(28)10(29)3-8/h1-5,14,16,18-21,24-30,32-37H,6-7H2/t14-,16-,18+,19-,20+,21-,24-,25+,26+/m1/s1. The highest BCUT2D eigenvalue weighted by molar-refractivity contribution is 5.91. The number of hydrogen-bond donors (Lipinski definition) is 10. The molecule has 16 heteroatoms. The highest BCUT2D eigenvalue weighted by Crippen LogP contribution is 2.43. The van der Waals surface area contributed by atoms with Gasteiger partial charge < -0.3 is 74.4 Å². The lowest BCUT2D eigenvalue weighted by Crippen LogP contribution is -2.63. The van der Waals surface area contributed by atoms with Gasteiger partial charge in [0, 0.05) is 17.7 Å². The van der Waals surface area contributed by atoms with Crippen LogP contribution in [-0.4, -0.2) is 120 Å². The third-order valence-electron chi connectivity index (χ3n) is 6.98. The highest BCUT2D eigenvalue weighted by Gasteiger charge is 2.50. The third kappa shape index (κ3) is 5.31. The molecule has 2 aromatic carbocycles. The van der Waals surface area contributed by atoms with Gasteiger partial charge in [-0.05, 0) is 18.2 Å². The molecular formula is C26H28O16. The summed E-state index contributed by atoms with van der Waals surface area (Å²) in [6, 6.07) is 5.26. The summed E-state index contributed by atoms with van der Waals surface area (Å²) in [5, 5.41) is 101. The molecule has 0 unspecified atom stereocenters. The molecule has 9 atom stereocenters. The largest absolute Gasteiger partial charge is 0.507 e. The van der Waals surface area contributed by atoms with Crippen molar-refractivity contribution in [3.8, 4) is 40.1 Å². The minimum absolute atomic E-state index is 0.108. The lowest BCUT2D eigenvalue weighted by Gasteiger charge is -2.44. The first-order valence-electron chi connectivity index (χ1n) is 12.6. The summed E-state index contributed by atoms with van der Waals surface area (Å²) in [5.74, 6) is -3.28. The van der Waals surface area contributed by atoms with E-state index in [1.54, 1.807) is 0 Å². The average Bonchev–Trinajstić information content (AvgIpc) is 2.95. The van der Waals surface area contributed by atoms with Crippen molar-refractivity contribution < 1.29 is 74.4 Å². The molecule has 0 spiro atoms. The Labute approximate surface area is 235 Å². The van der Waals surface area contributed by atoms with Gasteiger partial charge in [-0.1, -0.05) is 0 Å². The van der Waals surface area contributed by atoms with Gasteiger partial charge in [0.25, 0.3) is 0 Å². The molecule has 16 nitrogen and oxygen atoms in total. The molecule has 0 saturated carbocycles. The molecule has 10 N–H and O–H groups in total. The maximum Gasteiger partial charge on any atom is 0.230 e. The Morgan fingerprint density at radius 3 is 2.24 bits per heavy atom. The number of phenols is 4. The van der Waals surface area contributed by atoms with Crippen LogP contribution in [-0.2, 0) is 14.2 Å². The van der Waals surface area contributed by atoms with Crippen LogP contribution >= 0.6 is 0 Å². The fraction of sp³-hybridized carbons (Fsp3) is 0.423. The number of rotatable bonds is 6. The molecule has 2 aliphatic heterocycles. The van der Waals surface area contributed by atoms with Gasteiger partial charge in [0.2, 0.25) is 12.0 Å². The summed E-state index contributed by atoms with van der Waals surface area (Å²) in [6.45, 7) is -1.28. The molecule has 2 saturated heterocycles. The van der Waals surface area contributed by atoms with E-state index in [2.05, 4.69) is 0 Å². The van der Waals surface area contributed by atoms with Crippen LogP contribution in [0.25, 0.3) is 22.3 Å². The Hall–Kier alpha value is -3.71. The lowest BCUT2D eigenvalue weighted by atomic mass is 9.98. The second-order valence-electron chi connectivity index (χ2n) is 9.80. The minimum atomic E-state index is -1.88. The predicted octanol–water partition coefficient (Wildman–Crippen LogP) is -2.08. The van der Waals surface area contributed by atoms with Crippen molar-refractivity contribution in [2.45, 2.75) is 55.3 Å². The molecule has 2 aliphatic rings. The molecule has 2 fully saturated rings. The van der Waals surface area contributed by atoms with E-state index in [1.165, 1.54) is 6.07 Å². The average molecular weight is 596 g/mol. The molecular weight excluding hydrogens is 568 g/mol. The molecule has 3 aromatic rings. The van der Waals surface area contributed by atoms with Gasteiger partial charge in [-0.3, -0.25) is 4.79 Å². The minimum Gasteiger partial charge on any atom is -0.507 e. The van der Waals surface area contributed by atoms with E-state index < -0.39 is 114 Å². The fourth-order valence-electron chi connectivity index (χ4n) is 4.68. The molecule has 5 rings (SSSR count). The van der Waals surface area contributed by atoms with Gasteiger partial charge in [0.05, 0.1) is 13.2 Å². The van der Waals surface area contributed by atoms with Crippen LogP contribution in [0.3, 0.4) is 0 Å². The second kappa shape index (κ2) is 11.5. The SMILES string of the molecule is O=c1cc(-c2ccc(O)c(O)c2)oc2c(O[C@@H]3O[C@H](CO)[C@@H](O)[C@H](O)[C@H]3O[C@@H]3OC[C@@H](O)[C@H](O)[C@H]3O)c(O)cc(O)c12. The summed E-state index contributed by atoms with van der Waals surface area (Å²) < 4.78 is 27.9. The Bertz CT molecular complexity index is 1510. The van der Waals surface area contributed by atoms with Crippen LogP contribution in [0.15, 0.2) is 39.5 Å². The van der Waals surface area contributed by atoms with Gasteiger partial charge >= 0.3 is 0 Å². The number of aromatic hydroxyl groups is 4. The molecule has 42 heavy (non-hydrogen) atoms. The molecule has 228 valence electrons. The summed E-state index contributed by atoms with van der Waals surface area (Å²) in [4.78, 5) is 13.0. The van der Waals surface area contributed by atoms with Crippen molar-refractivity contribution in [1.82, 2.24) is 0 Å². The molecule has 1 aromatic heterocycles. The maximum absolute atomic E-state index is 13.0. The zero-order valence-electron chi connectivity index (χ0n) is 21.4. The number of fused-ring (bicyclic) bond motifs is 1. The van der Waals surface area contributed by atoms with E-state index in [-0.39, 0.29) is 11.3 Å². The zero-order valence-corrected chi connectivity index (χ0v) is 21.4. The summed E-state index contributed by atoms with van der Waals surface area (Å²) >= 11 is 0. The van der Waals surface area contributed by atoms with E-state index in [1.807, 2.05) is 0 Å². The number of hydrogen-bond acceptors (Lipinski definition) is 16. The van der Waals surface area contributed by atoms with Gasteiger partial charge in [-0.2, -0.15) is 0 Å². The van der Waals surface area contributed by atoms with E-state index in [0.29, 0.717) is 0 Å². The van der Waals surface area contributed by atoms with E-state index >= 15 is 0 Å². The summed E-state index contributed by atoms with van der Waals surface area (Å²) in [7, 11) is 0. The van der Waals surface area contributed by atoms with Crippen molar-refractivity contribution in [1.29, 1.82) is 0 Å². The maximum atomic E-state index is 13.0. The van der Waals surface area contributed by atoms with Crippen LogP contribution in [0, 0.1) is 0 Å². The van der Waals surface area contributed by atoms with Gasteiger partial charge in [0.1, 0.15) is 53.5 Å². The van der Waals surface area contributed by atoms with Gasteiger partial charge in [-0.25, -0.2) is 0 Å². The highest BCUT2D eigenvalue weighted by atomic mass is 16.8. The molecule has 0 amide bonds. The van der Waals surface area contributed by atoms with E-state index in [0.717, 1.165) is 24.3 Å². The molecule has 3 heterocycles. The van der Waals surface area contributed by atoms with Crippen molar-refractivity contribution in [2.24, 2.45) is 0 Å². The first-order chi connectivity index (χ1) is 19.9. The Morgan fingerprint density at radius 2 is 1.55 bits per heavy atom. The fourth-order valence-corrected chi connectivity index (χ4v) is 4.68. The Balaban J connectivity index is 1.57. The van der Waals surface area contributed by atoms with Crippen LogP contribution in [0.1, 0.15) is 0 Å². The summed E-state index contributed by atoms with van der Waals surface area (Å²) in [6.07, 6.45) is -15.3. The molecule has 0 radical (unpaired) electrons. The zero-order chi connectivity index (χ0) is 30.5. The van der Waals surface area contributed by atoms with Crippen LogP contribution in [0.4, 0.5) is 0 Å². The van der Waals surface area contributed by atoms with Crippen molar-refractivity contribution in [3.05, 3.63) is 40.6 Å². The Kier molecular flexibility index (Phi) is 8.17. The Morgan fingerprint density at radius 1 is 0.810 bits per heavy atom. The van der Waals surface area contributed by atoms with Crippen molar-refractivity contribution >= 4 is 11.0 Å². The first-order valence-corrected chi connectivity index (χ1v) is 12.6. The topological polar surface area (TPSA) is 269 Å². The van der Waals surface area contributed by atoms with Crippen LogP contribution in [0.5, 0.6) is 28.7 Å². The normalized spacial score (nSPS) is 31.7. The number of aliphatic hydroxyl groups is 6. The van der Waals surface area contributed by atoms with Crippen molar-refractivity contribution in [3.63, 3.8) is 0 Å². The number of benzene rings is 2. The second-order valence-corrected chi connectivity index (χ2v) is 9.80. The third-order valence-corrected chi connectivity index (χ3v) is 6.98. The quantitative estimate of drug-likeness (QED) is 0.137. The number of ether oxygens (including phenoxy) is 4. The predicted molar refractivity (Wildman–Crippen MR) is 136 cm³/mol. The molecule has 0 bridgehead atoms. The van der Waals surface area contributed by atoms with Crippen LogP contribution < -0.4 is 10.2 Å². The monoisotopic (exact) mass is 596 g/mol. The van der Waals surface area contributed by atoms with Gasteiger partial charge in [0.15, 0.2) is 40.7 Å². The summed E-state index contributed by atoms with van der Waals surface area (Å²) in [5.41, 5.74) is -1.23. The molecule has 0 aliphatic carbocycles. The van der Waals surface area contributed by atoms with Gasteiger partial charge in [-0.15, -0.1) is 0 Å². The van der Waals surface area contributed by atoms with Crippen molar-refractivity contribution in [2.75, 3.05) is 13.2 Å². The first kappa shape index (κ1) is 29.8. The van der Waals surface area contributed by atoms with Crippen LogP contribution in [0.2, 0.25) is 0 Å². The van der Waals surface area contributed by atoms with E-state index in [4.69, 9.17) is 23.4 Å². The number of aliphatic hydroxyl groups excluding tert-OH is 6. The van der Waals surface area contributed by atoms with E-state index in [9.17, 15) is 55.9 Å². The lowest BCUT2D eigenvalue weighted by molar-refractivity contribution is -0.344. The number of phenolic OH excluding ortho intramolecular Hbond substituents is 4.